The maximum absolute atomic E-state index is 12.9. The predicted molar refractivity (Wildman–Crippen MR) is 110 cm³/mol. The van der Waals surface area contributed by atoms with Gasteiger partial charge in [-0.2, -0.15) is 0 Å². The fourth-order valence-corrected chi connectivity index (χ4v) is 3.65. The van der Waals surface area contributed by atoms with E-state index in [-0.39, 0.29) is 5.91 Å². The van der Waals surface area contributed by atoms with Crippen LogP contribution < -0.4 is 9.80 Å². The molecule has 0 atom stereocenters. The highest BCUT2D eigenvalue weighted by molar-refractivity contribution is 6.06. The zero-order valence-electron chi connectivity index (χ0n) is 15.5. The van der Waals surface area contributed by atoms with Gasteiger partial charge >= 0.3 is 0 Å². The monoisotopic (exact) mass is 357 g/mol. The van der Waals surface area contributed by atoms with Gasteiger partial charge in [0.25, 0.3) is 5.91 Å². The van der Waals surface area contributed by atoms with Crippen molar-refractivity contribution in [2.45, 2.75) is 19.8 Å². The Kier molecular flexibility index (Phi) is 4.88. The molecule has 0 fully saturated rings. The maximum Gasteiger partial charge on any atom is 0.259 e. The molecule has 136 valence electrons. The molecule has 0 saturated heterocycles. The van der Waals surface area contributed by atoms with Gasteiger partial charge in [0, 0.05) is 30.7 Å². The van der Waals surface area contributed by atoms with E-state index >= 15 is 0 Å². The Morgan fingerprint density at radius 2 is 1.81 bits per heavy atom. The third-order valence-corrected chi connectivity index (χ3v) is 5.01. The third-order valence-electron chi connectivity index (χ3n) is 5.01. The second-order valence-electron chi connectivity index (χ2n) is 6.67. The van der Waals surface area contributed by atoms with Gasteiger partial charge in [-0.3, -0.25) is 4.79 Å². The summed E-state index contributed by atoms with van der Waals surface area (Å²) in [5, 5.41) is 0. The van der Waals surface area contributed by atoms with Crippen molar-refractivity contribution in [3.05, 3.63) is 84.1 Å². The van der Waals surface area contributed by atoms with Gasteiger partial charge in [-0.15, -0.1) is 0 Å². The van der Waals surface area contributed by atoms with Gasteiger partial charge in [0.15, 0.2) is 0 Å². The van der Waals surface area contributed by atoms with Crippen molar-refractivity contribution in [2.75, 3.05) is 22.9 Å². The van der Waals surface area contributed by atoms with E-state index < -0.39 is 0 Å². The molecule has 0 saturated carbocycles. The Balaban J connectivity index is 1.59. The van der Waals surface area contributed by atoms with Gasteiger partial charge in [-0.25, -0.2) is 4.98 Å². The van der Waals surface area contributed by atoms with Crippen LogP contribution in [0.15, 0.2) is 72.9 Å². The van der Waals surface area contributed by atoms with Crippen molar-refractivity contribution in [1.82, 2.24) is 4.98 Å². The van der Waals surface area contributed by atoms with E-state index in [4.69, 9.17) is 0 Å². The van der Waals surface area contributed by atoms with Crippen molar-refractivity contribution in [3.8, 4) is 0 Å². The number of anilines is 3. The Labute approximate surface area is 160 Å². The molecule has 0 spiro atoms. The van der Waals surface area contributed by atoms with Crippen LogP contribution in [-0.4, -0.2) is 24.0 Å². The summed E-state index contributed by atoms with van der Waals surface area (Å²) >= 11 is 0. The van der Waals surface area contributed by atoms with E-state index in [0.717, 1.165) is 30.9 Å². The number of aromatic nitrogens is 1. The number of hydrogen-bond acceptors (Lipinski definition) is 3. The zero-order chi connectivity index (χ0) is 18.6. The lowest BCUT2D eigenvalue weighted by Crippen LogP contribution is -2.31. The van der Waals surface area contributed by atoms with E-state index in [1.54, 1.807) is 11.1 Å². The van der Waals surface area contributed by atoms with E-state index in [0.29, 0.717) is 12.1 Å². The molecule has 1 aliphatic heterocycles. The molecule has 2 aromatic carbocycles. The SMILES string of the molecule is CCN(C(=O)c1ccc(N2CCCc3ccccc32)nc1)c1ccccc1. The molecule has 1 aliphatic rings. The largest absolute Gasteiger partial charge is 0.326 e. The third kappa shape index (κ3) is 3.43. The average molecular weight is 357 g/mol. The summed E-state index contributed by atoms with van der Waals surface area (Å²) in [6.45, 7) is 3.55. The van der Waals surface area contributed by atoms with Gasteiger partial charge in [0.1, 0.15) is 5.82 Å². The van der Waals surface area contributed by atoms with Gasteiger partial charge < -0.3 is 9.80 Å². The Hall–Kier alpha value is -3.14. The molecule has 3 aromatic rings. The minimum Gasteiger partial charge on any atom is -0.326 e. The first-order valence-corrected chi connectivity index (χ1v) is 9.46. The lowest BCUT2D eigenvalue weighted by atomic mass is 10.0. The molecule has 4 rings (SSSR count). The van der Waals surface area contributed by atoms with Crippen molar-refractivity contribution >= 4 is 23.1 Å². The number of para-hydroxylation sites is 2. The normalized spacial score (nSPS) is 13.1. The van der Waals surface area contributed by atoms with E-state index in [1.807, 2.05) is 49.4 Å². The Morgan fingerprint density at radius 3 is 2.56 bits per heavy atom. The van der Waals surface area contributed by atoms with E-state index in [2.05, 4.69) is 34.1 Å². The van der Waals surface area contributed by atoms with Crippen LogP contribution in [0, 0.1) is 0 Å². The first-order valence-electron chi connectivity index (χ1n) is 9.46. The van der Waals surface area contributed by atoms with E-state index in [1.165, 1.54) is 11.3 Å². The number of aryl methyl sites for hydroxylation is 1. The van der Waals surface area contributed by atoms with Crippen molar-refractivity contribution < 1.29 is 4.79 Å². The molecule has 27 heavy (non-hydrogen) atoms. The number of hydrogen-bond donors (Lipinski definition) is 0. The molecule has 4 heteroatoms. The van der Waals surface area contributed by atoms with Crippen LogP contribution >= 0.6 is 0 Å². The Morgan fingerprint density at radius 1 is 1.04 bits per heavy atom. The molecule has 0 radical (unpaired) electrons. The van der Waals surface area contributed by atoms with Crippen LogP contribution in [0.5, 0.6) is 0 Å². The standard InChI is InChI=1S/C23H23N3O/c1-2-25(20-11-4-3-5-12-20)23(27)19-14-15-22(24-17-19)26-16-8-10-18-9-6-7-13-21(18)26/h3-7,9,11-15,17H,2,8,10,16H2,1H3. The van der Waals surface area contributed by atoms with Crippen LogP contribution in [-0.2, 0) is 6.42 Å². The Bertz CT molecular complexity index is 922. The fourth-order valence-electron chi connectivity index (χ4n) is 3.65. The molecule has 0 unspecified atom stereocenters. The summed E-state index contributed by atoms with van der Waals surface area (Å²) in [7, 11) is 0. The van der Waals surface area contributed by atoms with Crippen LogP contribution in [0.25, 0.3) is 0 Å². The molecule has 0 aliphatic carbocycles. The molecule has 2 heterocycles. The number of benzene rings is 2. The first kappa shape index (κ1) is 17.3. The van der Waals surface area contributed by atoms with E-state index in [9.17, 15) is 4.79 Å². The molecular weight excluding hydrogens is 334 g/mol. The molecular formula is C23H23N3O. The summed E-state index contributed by atoms with van der Waals surface area (Å²) in [6.07, 6.45) is 3.91. The first-order chi connectivity index (χ1) is 13.3. The molecule has 0 N–H and O–H groups in total. The topological polar surface area (TPSA) is 36.4 Å². The number of amides is 1. The quantitative estimate of drug-likeness (QED) is 0.671. The van der Waals surface area contributed by atoms with Gasteiger partial charge in [0.2, 0.25) is 0 Å². The van der Waals surface area contributed by atoms with Crippen molar-refractivity contribution in [3.63, 3.8) is 0 Å². The summed E-state index contributed by atoms with van der Waals surface area (Å²) in [4.78, 5) is 21.6. The number of rotatable bonds is 4. The summed E-state index contributed by atoms with van der Waals surface area (Å²) < 4.78 is 0. The minimum atomic E-state index is -0.0261. The number of fused-ring (bicyclic) bond motifs is 1. The second kappa shape index (κ2) is 7.62. The number of nitrogens with zero attached hydrogens (tertiary/aromatic N) is 3. The van der Waals surface area contributed by atoms with Gasteiger partial charge in [-0.05, 0) is 55.7 Å². The predicted octanol–water partition coefficient (Wildman–Crippen LogP) is 4.83. The lowest BCUT2D eigenvalue weighted by Gasteiger charge is -2.30. The van der Waals surface area contributed by atoms with Gasteiger partial charge in [-0.1, -0.05) is 36.4 Å². The smallest absolute Gasteiger partial charge is 0.259 e. The number of carbonyl (C=O) groups is 1. The minimum absolute atomic E-state index is 0.0261. The van der Waals surface area contributed by atoms with Crippen LogP contribution in [0.2, 0.25) is 0 Å². The maximum atomic E-state index is 12.9. The number of carbonyl (C=O) groups excluding carboxylic acids is 1. The van der Waals surface area contributed by atoms with Crippen LogP contribution in [0.4, 0.5) is 17.2 Å². The van der Waals surface area contributed by atoms with Gasteiger partial charge in [0.05, 0.1) is 5.56 Å². The average Bonchev–Trinajstić information content (AvgIpc) is 2.75. The molecule has 4 nitrogen and oxygen atoms in total. The summed E-state index contributed by atoms with van der Waals surface area (Å²) in [6, 6.07) is 22.1. The molecule has 1 aromatic heterocycles. The molecule has 0 bridgehead atoms. The van der Waals surface area contributed by atoms with Crippen molar-refractivity contribution in [1.29, 1.82) is 0 Å². The highest BCUT2D eigenvalue weighted by Crippen LogP contribution is 2.32. The lowest BCUT2D eigenvalue weighted by molar-refractivity contribution is 0.0988. The van der Waals surface area contributed by atoms with Crippen molar-refractivity contribution in [2.24, 2.45) is 0 Å². The van der Waals surface area contributed by atoms with Crippen LogP contribution in [0.3, 0.4) is 0 Å². The zero-order valence-corrected chi connectivity index (χ0v) is 15.5. The van der Waals surface area contributed by atoms with Crippen LogP contribution in [0.1, 0.15) is 29.3 Å². The highest BCUT2D eigenvalue weighted by atomic mass is 16.2. The molecule has 1 amide bonds. The highest BCUT2D eigenvalue weighted by Gasteiger charge is 2.20. The number of pyridine rings is 1. The second-order valence-corrected chi connectivity index (χ2v) is 6.67. The fraction of sp³-hybridized carbons (Fsp3) is 0.217. The summed E-state index contributed by atoms with van der Waals surface area (Å²) in [5.41, 5.74) is 4.08. The summed E-state index contributed by atoms with van der Waals surface area (Å²) in [5.74, 6) is 0.864.